The van der Waals surface area contributed by atoms with E-state index < -0.39 is 5.97 Å². The Morgan fingerprint density at radius 2 is 1.53 bits per heavy atom. The molecule has 3 aromatic rings. The van der Waals surface area contributed by atoms with Crippen molar-refractivity contribution in [3.8, 4) is 20.2 Å². The van der Waals surface area contributed by atoms with E-state index in [2.05, 4.69) is 46.5 Å². The van der Waals surface area contributed by atoms with Gasteiger partial charge in [0.15, 0.2) is 0 Å². The van der Waals surface area contributed by atoms with E-state index in [9.17, 15) is 0 Å². The van der Waals surface area contributed by atoms with Gasteiger partial charge in [0, 0.05) is 22.2 Å². The van der Waals surface area contributed by atoms with Gasteiger partial charge in [-0.05, 0) is 34.3 Å². The molecule has 3 rings (SSSR count). The Morgan fingerprint density at radius 3 is 2.05 bits per heavy atom. The maximum atomic E-state index is 9.00. The van der Waals surface area contributed by atoms with Crippen LogP contribution in [-0.2, 0) is 4.79 Å². The Bertz CT molecular complexity index is 569. The second-order valence-electron chi connectivity index (χ2n) is 3.64. The van der Waals surface area contributed by atoms with Gasteiger partial charge in [-0.1, -0.05) is 12.1 Å². The van der Waals surface area contributed by atoms with Gasteiger partial charge >= 0.3 is 0 Å². The first-order valence-electron chi connectivity index (χ1n) is 5.53. The molecule has 0 saturated heterocycles. The number of rotatable bonds is 2. The lowest BCUT2D eigenvalue weighted by molar-refractivity contribution is -0.134. The second kappa shape index (κ2) is 6.65. The number of carbonyl (C=O) groups is 1. The van der Waals surface area contributed by atoms with Gasteiger partial charge in [-0.25, -0.2) is 0 Å². The molecule has 0 aliphatic carbocycles. The number of carboxylic acids is 1. The minimum Gasteiger partial charge on any atom is -0.481 e. The van der Waals surface area contributed by atoms with E-state index in [1.54, 1.807) is 11.3 Å². The summed E-state index contributed by atoms with van der Waals surface area (Å²) in [6.07, 6.45) is 0. The molecule has 1 N–H and O–H groups in total. The van der Waals surface area contributed by atoms with Gasteiger partial charge in [0.25, 0.3) is 5.97 Å². The van der Waals surface area contributed by atoms with Crippen LogP contribution in [0.3, 0.4) is 0 Å². The van der Waals surface area contributed by atoms with Crippen molar-refractivity contribution in [2.45, 2.75) is 6.92 Å². The van der Waals surface area contributed by atoms with Gasteiger partial charge < -0.3 is 5.11 Å². The Labute approximate surface area is 123 Å². The topological polar surface area (TPSA) is 37.3 Å². The molecule has 0 aliphatic heterocycles. The van der Waals surface area contributed by atoms with Crippen LogP contribution in [0.5, 0.6) is 0 Å². The molecule has 0 fully saturated rings. The Hall–Kier alpha value is -1.43. The molecule has 0 saturated carbocycles. The van der Waals surface area contributed by atoms with Crippen LogP contribution in [0.2, 0.25) is 0 Å². The quantitative estimate of drug-likeness (QED) is 0.698. The monoisotopic (exact) mass is 308 g/mol. The van der Waals surface area contributed by atoms with Crippen molar-refractivity contribution in [1.29, 1.82) is 0 Å². The number of hydrogen-bond acceptors (Lipinski definition) is 4. The molecule has 2 nitrogen and oxygen atoms in total. The minimum absolute atomic E-state index is 0.833. The fourth-order valence-electron chi connectivity index (χ4n) is 1.53. The van der Waals surface area contributed by atoms with Crippen molar-refractivity contribution >= 4 is 40.0 Å². The van der Waals surface area contributed by atoms with Crippen molar-refractivity contribution in [3.05, 3.63) is 46.5 Å². The molecule has 0 aromatic carbocycles. The molecule has 0 unspecified atom stereocenters. The lowest BCUT2D eigenvalue weighted by Gasteiger charge is -1.97. The van der Waals surface area contributed by atoms with Gasteiger partial charge in [-0.3, -0.25) is 4.79 Å². The first-order valence-corrected chi connectivity index (χ1v) is 8.17. The standard InChI is InChI=1S/C12H8S3.C2H4O2/c1-3-10(13-6-1)9-5-8-15-12(9)11-4-2-7-14-11;1-2(3)4/h1-8H;1H3,(H,3,4). The van der Waals surface area contributed by atoms with Crippen molar-refractivity contribution in [2.75, 3.05) is 0 Å². The molecular formula is C14H12O2S3. The van der Waals surface area contributed by atoms with Gasteiger partial charge in [0.1, 0.15) is 0 Å². The van der Waals surface area contributed by atoms with E-state index >= 15 is 0 Å². The zero-order valence-electron chi connectivity index (χ0n) is 10.2. The molecule has 19 heavy (non-hydrogen) atoms. The van der Waals surface area contributed by atoms with E-state index in [4.69, 9.17) is 9.90 Å². The normalized spacial score (nSPS) is 9.74. The van der Waals surface area contributed by atoms with E-state index in [1.165, 1.54) is 20.2 Å². The van der Waals surface area contributed by atoms with Crippen molar-refractivity contribution in [2.24, 2.45) is 0 Å². The van der Waals surface area contributed by atoms with Crippen LogP contribution in [0.25, 0.3) is 20.2 Å². The van der Waals surface area contributed by atoms with Gasteiger partial charge in [0.05, 0.1) is 4.88 Å². The van der Waals surface area contributed by atoms with Crippen molar-refractivity contribution in [1.82, 2.24) is 0 Å². The summed E-state index contributed by atoms with van der Waals surface area (Å²) in [5.41, 5.74) is 1.37. The molecule has 0 atom stereocenters. The summed E-state index contributed by atoms with van der Waals surface area (Å²) in [6, 6.07) is 10.8. The largest absolute Gasteiger partial charge is 0.481 e. The number of thiophene rings is 3. The third kappa shape index (κ3) is 3.76. The molecule has 0 radical (unpaired) electrons. The van der Waals surface area contributed by atoms with Crippen LogP contribution >= 0.6 is 34.0 Å². The van der Waals surface area contributed by atoms with E-state index in [1.807, 2.05) is 22.7 Å². The zero-order valence-corrected chi connectivity index (χ0v) is 12.6. The van der Waals surface area contributed by atoms with Crippen LogP contribution < -0.4 is 0 Å². The van der Waals surface area contributed by atoms with Crippen LogP contribution in [-0.4, -0.2) is 11.1 Å². The maximum absolute atomic E-state index is 9.00. The van der Waals surface area contributed by atoms with Crippen LogP contribution in [0, 0.1) is 0 Å². The highest BCUT2D eigenvalue weighted by molar-refractivity contribution is 7.21. The van der Waals surface area contributed by atoms with Crippen molar-refractivity contribution in [3.63, 3.8) is 0 Å². The summed E-state index contributed by atoms with van der Waals surface area (Å²) < 4.78 is 0. The predicted molar refractivity (Wildman–Crippen MR) is 84.3 cm³/mol. The molecule has 3 aromatic heterocycles. The van der Waals surface area contributed by atoms with Gasteiger partial charge in [-0.2, -0.15) is 0 Å². The SMILES string of the molecule is CC(=O)O.c1csc(-c2ccsc2-c2cccs2)c1. The number of aliphatic carboxylic acids is 1. The van der Waals surface area contributed by atoms with Gasteiger partial charge in [-0.15, -0.1) is 34.0 Å². The summed E-state index contributed by atoms with van der Waals surface area (Å²) in [6.45, 7) is 1.08. The van der Waals surface area contributed by atoms with Gasteiger partial charge in [0.2, 0.25) is 0 Å². The Balaban J connectivity index is 0.000000297. The number of hydrogen-bond donors (Lipinski definition) is 1. The molecule has 0 bridgehead atoms. The lowest BCUT2D eigenvalue weighted by atomic mass is 10.2. The van der Waals surface area contributed by atoms with Crippen LogP contribution in [0.4, 0.5) is 0 Å². The molecule has 0 amide bonds. The molecule has 0 aliphatic rings. The fraction of sp³-hybridized carbons (Fsp3) is 0.0714. The Kier molecular flexibility index (Phi) is 4.90. The lowest BCUT2D eigenvalue weighted by Crippen LogP contribution is -1.78. The van der Waals surface area contributed by atoms with E-state index in [-0.39, 0.29) is 0 Å². The summed E-state index contributed by atoms with van der Waals surface area (Å²) in [7, 11) is 0. The third-order valence-electron chi connectivity index (χ3n) is 2.20. The Morgan fingerprint density at radius 1 is 0.947 bits per heavy atom. The first kappa shape index (κ1) is 14.0. The summed E-state index contributed by atoms with van der Waals surface area (Å²) >= 11 is 5.43. The average molecular weight is 308 g/mol. The molecule has 0 spiro atoms. The second-order valence-corrected chi connectivity index (χ2v) is 6.45. The zero-order chi connectivity index (χ0) is 13.7. The summed E-state index contributed by atoms with van der Waals surface area (Å²) in [4.78, 5) is 13.1. The molecule has 98 valence electrons. The highest BCUT2D eigenvalue weighted by Gasteiger charge is 2.09. The maximum Gasteiger partial charge on any atom is 0.300 e. The number of carboxylic acid groups (broad SMARTS) is 1. The fourth-order valence-corrected chi connectivity index (χ4v) is 4.15. The van der Waals surface area contributed by atoms with Crippen molar-refractivity contribution < 1.29 is 9.90 Å². The summed E-state index contributed by atoms with van der Waals surface area (Å²) in [5, 5.41) is 13.8. The predicted octanol–water partition coefficient (Wildman–Crippen LogP) is 5.30. The highest BCUT2D eigenvalue weighted by atomic mass is 32.1. The smallest absolute Gasteiger partial charge is 0.300 e. The molecular weight excluding hydrogens is 296 g/mol. The molecule has 3 heterocycles. The third-order valence-corrected chi connectivity index (χ3v) is 5.06. The summed E-state index contributed by atoms with van der Waals surface area (Å²) in [5.74, 6) is -0.833. The van der Waals surface area contributed by atoms with Crippen LogP contribution in [0.1, 0.15) is 6.92 Å². The molecule has 5 heteroatoms. The van der Waals surface area contributed by atoms with E-state index in [0.29, 0.717) is 0 Å². The van der Waals surface area contributed by atoms with E-state index in [0.717, 1.165) is 6.92 Å². The average Bonchev–Trinajstić information content (AvgIpc) is 3.11. The highest BCUT2D eigenvalue weighted by Crippen LogP contribution is 2.40. The first-order chi connectivity index (χ1) is 9.18. The minimum atomic E-state index is -0.833. The van der Waals surface area contributed by atoms with Crippen LogP contribution in [0.15, 0.2) is 46.5 Å².